The van der Waals surface area contributed by atoms with Crippen LogP contribution in [0.1, 0.15) is 27.7 Å². The Hall–Kier alpha value is -1.27. The third-order valence-corrected chi connectivity index (χ3v) is 5.48. The molecular formula is C13H13NO3S2. The lowest BCUT2D eigenvalue weighted by atomic mass is 9.92. The van der Waals surface area contributed by atoms with Crippen molar-refractivity contribution < 1.29 is 14.1 Å². The van der Waals surface area contributed by atoms with Crippen molar-refractivity contribution in [3.63, 3.8) is 0 Å². The molecule has 19 heavy (non-hydrogen) atoms. The minimum atomic E-state index is -0.226. The number of esters is 1. The highest BCUT2D eigenvalue weighted by Gasteiger charge is 2.30. The molecule has 0 aliphatic heterocycles. The fraction of sp³-hybridized carbons (Fsp3) is 0.385. The molecule has 0 aromatic carbocycles. The second-order valence-corrected chi connectivity index (χ2v) is 6.28. The molecule has 0 fully saturated rings. The van der Waals surface area contributed by atoms with Gasteiger partial charge in [-0.1, -0.05) is 5.16 Å². The van der Waals surface area contributed by atoms with Gasteiger partial charge in [0.05, 0.1) is 10.8 Å². The SMILES string of the molecule is CCOC(=O)c1sc(SC)c2c1CCc1conc1-2. The van der Waals surface area contributed by atoms with E-state index in [0.29, 0.717) is 6.61 Å². The number of thiophene rings is 1. The minimum Gasteiger partial charge on any atom is -0.462 e. The number of hydrogen-bond donors (Lipinski definition) is 0. The summed E-state index contributed by atoms with van der Waals surface area (Å²) < 4.78 is 11.3. The molecule has 0 amide bonds. The molecule has 2 aromatic heterocycles. The summed E-state index contributed by atoms with van der Waals surface area (Å²) in [7, 11) is 0. The number of nitrogens with zero attached hydrogens (tertiary/aromatic N) is 1. The van der Waals surface area contributed by atoms with Crippen LogP contribution in [-0.2, 0) is 17.6 Å². The van der Waals surface area contributed by atoms with Crippen LogP contribution in [0.5, 0.6) is 0 Å². The fourth-order valence-electron chi connectivity index (χ4n) is 2.33. The van der Waals surface area contributed by atoms with Crippen LogP contribution in [0, 0.1) is 0 Å². The molecule has 0 atom stereocenters. The Morgan fingerprint density at radius 3 is 3.16 bits per heavy atom. The van der Waals surface area contributed by atoms with E-state index in [1.807, 2.05) is 13.2 Å². The van der Waals surface area contributed by atoms with Gasteiger partial charge in [-0.05, 0) is 31.6 Å². The third kappa shape index (κ3) is 1.99. The van der Waals surface area contributed by atoms with E-state index in [4.69, 9.17) is 9.26 Å². The standard InChI is InChI=1S/C13H13NO3S2/c1-3-16-12(15)11-8-5-4-7-6-17-14-10(7)9(8)13(18-2)19-11/h6H,3-5H2,1-2H3. The summed E-state index contributed by atoms with van der Waals surface area (Å²) in [5, 5.41) is 4.09. The van der Waals surface area contributed by atoms with Crippen LogP contribution in [0.3, 0.4) is 0 Å². The summed E-state index contributed by atoms with van der Waals surface area (Å²) in [6, 6.07) is 0. The van der Waals surface area contributed by atoms with Crippen molar-refractivity contribution in [1.29, 1.82) is 0 Å². The van der Waals surface area contributed by atoms with Crippen LogP contribution in [0.25, 0.3) is 11.3 Å². The van der Waals surface area contributed by atoms with Crippen molar-refractivity contribution in [3.05, 3.63) is 22.3 Å². The van der Waals surface area contributed by atoms with Crippen LogP contribution in [0.4, 0.5) is 0 Å². The molecule has 4 nitrogen and oxygen atoms in total. The first-order chi connectivity index (χ1) is 9.26. The van der Waals surface area contributed by atoms with Crippen molar-refractivity contribution >= 4 is 29.1 Å². The van der Waals surface area contributed by atoms with E-state index in [1.165, 1.54) is 11.3 Å². The minimum absolute atomic E-state index is 0.226. The van der Waals surface area contributed by atoms with Crippen LogP contribution in [-0.4, -0.2) is 24.0 Å². The Bertz CT molecular complexity index is 630. The maximum Gasteiger partial charge on any atom is 0.348 e. The predicted molar refractivity (Wildman–Crippen MR) is 75.0 cm³/mol. The van der Waals surface area contributed by atoms with Crippen LogP contribution in [0.15, 0.2) is 15.0 Å². The molecule has 6 heteroatoms. The molecule has 0 saturated heterocycles. The van der Waals surface area contributed by atoms with E-state index in [-0.39, 0.29) is 5.97 Å². The molecule has 0 bridgehead atoms. The molecule has 0 radical (unpaired) electrons. The lowest BCUT2D eigenvalue weighted by Gasteiger charge is -2.12. The number of carbonyl (C=O) groups is 1. The Morgan fingerprint density at radius 2 is 2.42 bits per heavy atom. The van der Waals surface area contributed by atoms with Gasteiger partial charge in [0.15, 0.2) is 0 Å². The molecule has 2 aromatic rings. The van der Waals surface area contributed by atoms with Gasteiger partial charge in [0.2, 0.25) is 0 Å². The highest BCUT2D eigenvalue weighted by Crippen LogP contribution is 2.45. The topological polar surface area (TPSA) is 52.3 Å². The van der Waals surface area contributed by atoms with E-state index >= 15 is 0 Å². The number of thioether (sulfide) groups is 1. The molecule has 1 aliphatic carbocycles. The van der Waals surface area contributed by atoms with Gasteiger partial charge >= 0.3 is 5.97 Å². The molecule has 1 aliphatic rings. The molecule has 0 N–H and O–H groups in total. The maximum atomic E-state index is 12.0. The number of aryl methyl sites for hydroxylation is 1. The number of carbonyl (C=O) groups excluding carboxylic acids is 1. The molecule has 100 valence electrons. The number of ether oxygens (including phenoxy) is 1. The zero-order valence-corrected chi connectivity index (χ0v) is 12.3. The fourth-order valence-corrected chi connectivity index (χ4v) is 4.31. The Morgan fingerprint density at radius 1 is 1.58 bits per heavy atom. The van der Waals surface area contributed by atoms with E-state index < -0.39 is 0 Å². The van der Waals surface area contributed by atoms with Gasteiger partial charge in [-0.25, -0.2) is 4.79 Å². The van der Waals surface area contributed by atoms with Gasteiger partial charge in [-0.15, -0.1) is 23.1 Å². The van der Waals surface area contributed by atoms with Gasteiger partial charge in [0.25, 0.3) is 0 Å². The summed E-state index contributed by atoms with van der Waals surface area (Å²) in [5.74, 6) is -0.226. The van der Waals surface area contributed by atoms with E-state index in [9.17, 15) is 4.79 Å². The van der Waals surface area contributed by atoms with Crippen molar-refractivity contribution in [2.24, 2.45) is 0 Å². The summed E-state index contributed by atoms with van der Waals surface area (Å²) in [6.45, 7) is 2.22. The molecule has 0 spiro atoms. The van der Waals surface area contributed by atoms with E-state index in [1.54, 1.807) is 18.0 Å². The van der Waals surface area contributed by atoms with Crippen LogP contribution < -0.4 is 0 Å². The van der Waals surface area contributed by atoms with Gasteiger partial charge in [0.1, 0.15) is 16.8 Å². The number of rotatable bonds is 3. The van der Waals surface area contributed by atoms with Crippen molar-refractivity contribution in [2.75, 3.05) is 12.9 Å². The summed E-state index contributed by atoms with van der Waals surface area (Å²) >= 11 is 3.13. The average Bonchev–Trinajstić information content (AvgIpc) is 3.02. The van der Waals surface area contributed by atoms with Crippen molar-refractivity contribution in [2.45, 2.75) is 24.0 Å². The van der Waals surface area contributed by atoms with E-state index in [2.05, 4.69) is 5.16 Å². The second-order valence-electron chi connectivity index (χ2n) is 4.19. The molecule has 2 heterocycles. The summed E-state index contributed by atoms with van der Waals surface area (Å²) in [6.07, 6.45) is 5.41. The molecular weight excluding hydrogens is 282 g/mol. The van der Waals surface area contributed by atoms with Gasteiger partial charge < -0.3 is 9.26 Å². The van der Waals surface area contributed by atoms with Gasteiger partial charge in [0, 0.05) is 11.1 Å². The lowest BCUT2D eigenvalue weighted by Crippen LogP contribution is -2.08. The Balaban J connectivity index is 2.15. The zero-order chi connectivity index (χ0) is 13.4. The smallest absolute Gasteiger partial charge is 0.348 e. The van der Waals surface area contributed by atoms with Crippen molar-refractivity contribution in [1.82, 2.24) is 5.16 Å². The summed E-state index contributed by atoms with van der Waals surface area (Å²) in [5.41, 5.74) is 4.14. The van der Waals surface area contributed by atoms with E-state index in [0.717, 1.165) is 44.3 Å². The first-order valence-electron chi connectivity index (χ1n) is 6.06. The predicted octanol–water partition coefficient (Wildman–Crippen LogP) is 3.40. The summed E-state index contributed by atoms with van der Waals surface area (Å²) in [4.78, 5) is 12.7. The first kappa shape index (κ1) is 12.7. The monoisotopic (exact) mass is 295 g/mol. The van der Waals surface area contributed by atoms with Crippen LogP contribution in [0.2, 0.25) is 0 Å². The average molecular weight is 295 g/mol. The van der Waals surface area contributed by atoms with Crippen LogP contribution >= 0.6 is 23.1 Å². The highest BCUT2D eigenvalue weighted by molar-refractivity contribution is 8.00. The number of hydrogen-bond acceptors (Lipinski definition) is 6. The van der Waals surface area contributed by atoms with Gasteiger partial charge in [-0.2, -0.15) is 0 Å². The quantitative estimate of drug-likeness (QED) is 0.641. The number of fused-ring (bicyclic) bond motifs is 3. The maximum absolute atomic E-state index is 12.0. The Kier molecular flexibility index (Phi) is 3.36. The normalized spacial score (nSPS) is 12.9. The molecule has 3 rings (SSSR count). The second kappa shape index (κ2) is 5.02. The number of aromatic nitrogens is 1. The highest BCUT2D eigenvalue weighted by atomic mass is 32.2. The largest absolute Gasteiger partial charge is 0.462 e. The lowest BCUT2D eigenvalue weighted by molar-refractivity contribution is 0.0531. The zero-order valence-electron chi connectivity index (χ0n) is 10.7. The third-order valence-electron chi connectivity index (χ3n) is 3.15. The van der Waals surface area contributed by atoms with Crippen molar-refractivity contribution in [3.8, 4) is 11.3 Å². The molecule has 0 unspecified atom stereocenters. The first-order valence-corrected chi connectivity index (χ1v) is 8.10. The van der Waals surface area contributed by atoms with Gasteiger partial charge in [-0.3, -0.25) is 0 Å². The Labute approximate surface area is 119 Å². The molecule has 0 saturated carbocycles.